The summed E-state index contributed by atoms with van der Waals surface area (Å²) in [6.07, 6.45) is -0.460. The van der Waals surface area contributed by atoms with E-state index in [9.17, 15) is 4.79 Å². The zero-order chi connectivity index (χ0) is 14.7. The van der Waals surface area contributed by atoms with Crippen LogP contribution in [-0.2, 0) is 0 Å². The van der Waals surface area contributed by atoms with E-state index in [1.807, 2.05) is 38.1 Å². The van der Waals surface area contributed by atoms with Gasteiger partial charge in [-0.2, -0.15) is 4.98 Å². The van der Waals surface area contributed by atoms with Gasteiger partial charge in [0, 0.05) is 31.4 Å². The summed E-state index contributed by atoms with van der Waals surface area (Å²) in [4.78, 5) is 21.6. The second-order valence-electron chi connectivity index (χ2n) is 4.80. The number of hydrogen-bond acceptors (Lipinski definition) is 4. The summed E-state index contributed by atoms with van der Waals surface area (Å²) >= 11 is 0. The standard InChI is InChI=1S/C15H17N3O2/c1-10-6-5-7-12(8-10)14-16-11(2)9-13(17-14)20-15(19)18(3)4/h5-9H,1-4H3. The molecule has 0 N–H and O–H groups in total. The number of aryl methyl sites for hydroxylation is 2. The van der Waals surface area contributed by atoms with Crippen LogP contribution in [0.5, 0.6) is 5.88 Å². The summed E-state index contributed by atoms with van der Waals surface area (Å²) in [5.41, 5.74) is 2.77. The maximum absolute atomic E-state index is 11.6. The number of carbonyl (C=O) groups is 1. The average molecular weight is 271 g/mol. The van der Waals surface area contributed by atoms with Crippen LogP contribution < -0.4 is 4.74 Å². The van der Waals surface area contributed by atoms with Crippen molar-refractivity contribution in [3.8, 4) is 17.3 Å². The molecule has 0 aliphatic heterocycles. The molecule has 0 aliphatic rings. The Morgan fingerprint density at radius 1 is 1.15 bits per heavy atom. The van der Waals surface area contributed by atoms with E-state index in [1.54, 1.807) is 20.2 Å². The monoisotopic (exact) mass is 271 g/mol. The van der Waals surface area contributed by atoms with Crippen molar-refractivity contribution >= 4 is 6.09 Å². The van der Waals surface area contributed by atoms with Gasteiger partial charge in [-0.1, -0.05) is 23.8 Å². The normalized spacial score (nSPS) is 10.2. The Labute approximate surface area is 118 Å². The van der Waals surface area contributed by atoms with Crippen LogP contribution in [0.15, 0.2) is 30.3 Å². The molecule has 5 nitrogen and oxygen atoms in total. The predicted octanol–water partition coefficient (Wildman–Crippen LogP) is 2.82. The van der Waals surface area contributed by atoms with Crippen molar-refractivity contribution in [2.45, 2.75) is 13.8 Å². The van der Waals surface area contributed by atoms with Crippen LogP contribution in [-0.4, -0.2) is 35.1 Å². The largest absolute Gasteiger partial charge is 0.416 e. The average Bonchev–Trinajstić information content (AvgIpc) is 2.37. The minimum absolute atomic E-state index is 0.257. The van der Waals surface area contributed by atoms with E-state index in [-0.39, 0.29) is 5.88 Å². The Morgan fingerprint density at radius 3 is 2.55 bits per heavy atom. The van der Waals surface area contributed by atoms with E-state index in [0.717, 1.165) is 16.8 Å². The van der Waals surface area contributed by atoms with Gasteiger partial charge in [-0.3, -0.25) is 0 Å². The molecule has 5 heteroatoms. The number of amides is 1. The van der Waals surface area contributed by atoms with Crippen molar-refractivity contribution in [2.24, 2.45) is 0 Å². The molecule has 0 saturated heterocycles. The predicted molar refractivity (Wildman–Crippen MR) is 76.7 cm³/mol. The molecule has 2 aromatic rings. The van der Waals surface area contributed by atoms with E-state index in [1.165, 1.54) is 4.90 Å². The molecule has 0 aliphatic carbocycles. The molecule has 1 amide bonds. The van der Waals surface area contributed by atoms with Gasteiger partial charge in [-0.25, -0.2) is 9.78 Å². The maximum atomic E-state index is 11.6. The lowest BCUT2D eigenvalue weighted by atomic mass is 10.1. The van der Waals surface area contributed by atoms with Crippen LogP contribution in [0.3, 0.4) is 0 Å². The van der Waals surface area contributed by atoms with Gasteiger partial charge in [-0.15, -0.1) is 0 Å². The fourth-order valence-electron chi connectivity index (χ4n) is 1.69. The fraction of sp³-hybridized carbons (Fsp3) is 0.267. The third kappa shape index (κ3) is 3.32. The molecule has 0 fully saturated rings. The summed E-state index contributed by atoms with van der Waals surface area (Å²) in [7, 11) is 3.25. The molecular weight excluding hydrogens is 254 g/mol. The Bertz CT molecular complexity index is 639. The minimum Gasteiger partial charge on any atom is -0.391 e. The Kier molecular flexibility index (Phi) is 3.98. The summed E-state index contributed by atoms with van der Waals surface area (Å²) in [5.74, 6) is 0.808. The third-order valence-corrected chi connectivity index (χ3v) is 2.66. The first-order valence-corrected chi connectivity index (χ1v) is 6.27. The second-order valence-corrected chi connectivity index (χ2v) is 4.80. The number of hydrogen-bond donors (Lipinski definition) is 0. The molecule has 1 heterocycles. The molecule has 104 valence electrons. The number of aromatic nitrogens is 2. The highest BCUT2D eigenvalue weighted by atomic mass is 16.6. The first kappa shape index (κ1) is 14.0. The van der Waals surface area contributed by atoms with Crippen LogP contribution in [0.25, 0.3) is 11.4 Å². The molecular formula is C15H17N3O2. The molecule has 0 atom stereocenters. The smallest absolute Gasteiger partial charge is 0.391 e. The van der Waals surface area contributed by atoms with E-state index >= 15 is 0 Å². The van der Waals surface area contributed by atoms with E-state index in [4.69, 9.17) is 4.74 Å². The topological polar surface area (TPSA) is 55.3 Å². The molecule has 0 saturated carbocycles. The fourth-order valence-corrected chi connectivity index (χ4v) is 1.69. The summed E-state index contributed by atoms with van der Waals surface area (Å²) in [6, 6.07) is 9.51. The lowest BCUT2D eigenvalue weighted by molar-refractivity contribution is 0.170. The molecule has 0 unspecified atom stereocenters. The number of benzene rings is 1. The number of carbonyl (C=O) groups excluding carboxylic acids is 1. The van der Waals surface area contributed by atoms with Gasteiger partial charge in [0.1, 0.15) is 0 Å². The van der Waals surface area contributed by atoms with Crippen LogP contribution in [0.4, 0.5) is 4.79 Å². The lowest BCUT2D eigenvalue weighted by Crippen LogP contribution is -2.25. The summed E-state index contributed by atoms with van der Waals surface area (Å²) < 4.78 is 5.18. The van der Waals surface area contributed by atoms with Gasteiger partial charge < -0.3 is 9.64 Å². The van der Waals surface area contributed by atoms with Gasteiger partial charge in [-0.05, 0) is 19.9 Å². The van der Waals surface area contributed by atoms with Crippen LogP contribution >= 0.6 is 0 Å². The van der Waals surface area contributed by atoms with Gasteiger partial charge in [0.15, 0.2) is 5.82 Å². The quantitative estimate of drug-likeness (QED) is 0.842. The molecule has 20 heavy (non-hydrogen) atoms. The van der Waals surface area contributed by atoms with E-state index in [0.29, 0.717) is 5.82 Å². The first-order valence-electron chi connectivity index (χ1n) is 6.27. The van der Waals surface area contributed by atoms with Crippen molar-refractivity contribution < 1.29 is 9.53 Å². The molecule has 0 radical (unpaired) electrons. The number of ether oxygens (including phenoxy) is 1. The Morgan fingerprint density at radius 2 is 1.90 bits per heavy atom. The van der Waals surface area contributed by atoms with Crippen LogP contribution in [0, 0.1) is 13.8 Å². The third-order valence-electron chi connectivity index (χ3n) is 2.66. The van der Waals surface area contributed by atoms with Crippen molar-refractivity contribution in [3.05, 3.63) is 41.6 Å². The molecule has 1 aromatic heterocycles. The van der Waals surface area contributed by atoms with Crippen LogP contribution in [0.2, 0.25) is 0 Å². The van der Waals surface area contributed by atoms with Crippen molar-refractivity contribution in [1.82, 2.24) is 14.9 Å². The highest BCUT2D eigenvalue weighted by molar-refractivity contribution is 5.69. The molecule has 2 rings (SSSR count). The van der Waals surface area contributed by atoms with Gasteiger partial charge in [0.25, 0.3) is 0 Å². The molecule has 0 spiro atoms. The van der Waals surface area contributed by atoms with Gasteiger partial charge in [0.05, 0.1) is 0 Å². The zero-order valence-electron chi connectivity index (χ0n) is 12.0. The molecule has 1 aromatic carbocycles. The molecule has 0 bridgehead atoms. The van der Waals surface area contributed by atoms with E-state index in [2.05, 4.69) is 9.97 Å². The van der Waals surface area contributed by atoms with E-state index < -0.39 is 6.09 Å². The zero-order valence-corrected chi connectivity index (χ0v) is 12.0. The highest BCUT2D eigenvalue weighted by Gasteiger charge is 2.11. The van der Waals surface area contributed by atoms with Gasteiger partial charge >= 0.3 is 6.09 Å². The number of rotatable bonds is 2. The van der Waals surface area contributed by atoms with Gasteiger partial charge in [0.2, 0.25) is 5.88 Å². The van der Waals surface area contributed by atoms with Crippen molar-refractivity contribution in [1.29, 1.82) is 0 Å². The maximum Gasteiger partial charge on any atom is 0.416 e. The number of nitrogens with zero attached hydrogens (tertiary/aromatic N) is 3. The van der Waals surface area contributed by atoms with Crippen LogP contribution in [0.1, 0.15) is 11.3 Å². The summed E-state index contributed by atoms with van der Waals surface area (Å²) in [5, 5.41) is 0. The lowest BCUT2D eigenvalue weighted by Gasteiger charge is -2.11. The highest BCUT2D eigenvalue weighted by Crippen LogP contribution is 2.20. The van der Waals surface area contributed by atoms with Crippen molar-refractivity contribution in [3.63, 3.8) is 0 Å². The first-order chi connectivity index (χ1) is 9.45. The minimum atomic E-state index is -0.460. The SMILES string of the molecule is Cc1cccc(-c2nc(C)cc(OC(=O)N(C)C)n2)c1. The Hall–Kier alpha value is -2.43. The Balaban J connectivity index is 2.36. The van der Waals surface area contributed by atoms with Crippen molar-refractivity contribution in [2.75, 3.05) is 14.1 Å². The second kappa shape index (κ2) is 5.69. The summed E-state index contributed by atoms with van der Waals surface area (Å²) in [6.45, 7) is 3.85.